The number of nitrogens with zero attached hydrogens (tertiary/aromatic N) is 3. The molecule has 6 nitrogen and oxygen atoms in total. The Kier molecular flexibility index (Phi) is 5.78. The molecule has 6 heteroatoms. The van der Waals surface area contributed by atoms with Gasteiger partial charge in [0, 0.05) is 33.1 Å². The van der Waals surface area contributed by atoms with Gasteiger partial charge in [0.15, 0.2) is 0 Å². The predicted molar refractivity (Wildman–Crippen MR) is 82.9 cm³/mol. The van der Waals surface area contributed by atoms with E-state index in [0.717, 1.165) is 51.6 Å². The molecule has 0 spiro atoms. The van der Waals surface area contributed by atoms with E-state index in [2.05, 4.69) is 16.3 Å². The monoisotopic (exact) mass is 306 g/mol. The summed E-state index contributed by atoms with van der Waals surface area (Å²) in [7, 11) is 0. The molecule has 0 aromatic carbocycles. The van der Waals surface area contributed by atoms with E-state index in [0.29, 0.717) is 19.6 Å². The van der Waals surface area contributed by atoms with Gasteiger partial charge in [-0.3, -0.25) is 14.5 Å². The fourth-order valence-electron chi connectivity index (χ4n) is 3.37. The van der Waals surface area contributed by atoms with Gasteiger partial charge in [0.05, 0.1) is 12.6 Å². The first-order valence-electron chi connectivity index (χ1n) is 8.25. The van der Waals surface area contributed by atoms with Crippen LogP contribution in [-0.4, -0.2) is 59.9 Å². The Balaban J connectivity index is 1.84. The SMILES string of the molecule is CC(=O)N1CCCN(CC(=O)NC2(C#N)CCCCC2)CC1. The van der Waals surface area contributed by atoms with E-state index in [4.69, 9.17) is 0 Å². The summed E-state index contributed by atoms with van der Waals surface area (Å²) in [5.74, 6) is 0.0247. The van der Waals surface area contributed by atoms with Crippen molar-refractivity contribution in [1.29, 1.82) is 5.26 Å². The number of rotatable bonds is 3. The summed E-state index contributed by atoms with van der Waals surface area (Å²) >= 11 is 0. The van der Waals surface area contributed by atoms with E-state index in [1.807, 2.05) is 4.90 Å². The Morgan fingerprint density at radius 3 is 2.45 bits per heavy atom. The van der Waals surface area contributed by atoms with Crippen LogP contribution in [0.25, 0.3) is 0 Å². The second kappa shape index (κ2) is 7.59. The van der Waals surface area contributed by atoms with Gasteiger partial charge in [-0.25, -0.2) is 0 Å². The lowest BCUT2D eigenvalue weighted by Crippen LogP contribution is -2.51. The molecule has 1 heterocycles. The molecule has 1 aliphatic heterocycles. The quantitative estimate of drug-likeness (QED) is 0.840. The van der Waals surface area contributed by atoms with E-state index in [9.17, 15) is 14.9 Å². The van der Waals surface area contributed by atoms with E-state index in [-0.39, 0.29) is 11.8 Å². The van der Waals surface area contributed by atoms with Crippen molar-refractivity contribution in [3.8, 4) is 6.07 Å². The summed E-state index contributed by atoms with van der Waals surface area (Å²) < 4.78 is 0. The van der Waals surface area contributed by atoms with Gasteiger partial charge in [-0.2, -0.15) is 5.26 Å². The number of hydrogen-bond donors (Lipinski definition) is 1. The number of hydrogen-bond acceptors (Lipinski definition) is 4. The number of amides is 2. The Hall–Kier alpha value is -1.61. The lowest BCUT2D eigenvalue weighted by molar-refractivity contribution is -0.128. The zero-order chi connectivity index (χ0) is 16.0. The summed E-state index contributed by atoms with van der Waals surface area (Å²) in [6.07, 6.45) is 5.56. The van der Waals surface area contributed by atoms with Gasteiger partial charge in [-0.05, 0) is 19.3 Å². The fourth-order valence-corrected chi connectivity index (χ4v) is 3.37. The molecule has 0 unspecified atom stereocenters. The molecular weight excluding hydrogens is 280 g/mol. The van der Waals surface area contributed by atoms with Crippen LogP contribution in [-0.2, 0) is 9.59 Å². The summed E-state index contributed by atoms with van der Waals surface area (Å²) in [5, 5.41) is 12.4. The van der Waals surface area contributed by atoms with Crippen molar-refractivity contribution in [2.24, 2.45) is 0 Å². The zero-order valence-corrected chi connectivity index (χ0v) is 13.4. The number of nitrogens with one attached hydrogen (secondary N) is 1. The van der Waals surface area contributed by atoms with Crippen LogP contribution in [0.2, 0.25) is 0 Å². The maximum atomic E-state index is 12.3. The average molecular weight is 306 g/mol. The van der Waals surface area contributed by atoms with Crippen LogP contribution in [0, 0.1) is 11.3 Å². The van der Waals surface area contributed by atoms with Gasteiger partial charge >= 0.3 is 0 Å². The molecule has 0 aromatic rings. The molecule has 1 saturated heterocycles. The first-order chi connectivity index (χ1) is 10.5. The molecular formula is C16H26N4O2. The molecule has 2 aliphatic rings. The van der Waals surface area contributed by atoms with Gasteiger partial charge in [0.25, 0.3) is 0 Å². The second-order valence-corrected chi connectivity index (χ2v) is 6.44. The molecule has 0 atom stereocenters. The van der Waals surface area contributed by atoms with Crippen molar-refractivity contribution in [1.82, 2.24) is 15.1 Å². The summed E-state index contributed by atoms with van der Waals surface area (Å²) in [6.45, 7) is 4.86. The van der Waals surface area contributed by atoms with Gasteiger partial charge < -0.3 is 10.2 Å². The van der Waals surface area contributed by atoms with Crippen LogP contribution in [0.3, 0.4) is 0 Å². The topological polar surface area (TPSA) is 76.4 Å². The molecule has 1 saturated carbocycles. The zero-order valence-electron chi connectivity index (χ0n) is 13.4. The van der Waals surface area contributed by atoms with Crippen molar-refractivity contribution in [2.45, 2.75) is 51.0 Å². The molecule has 2 fully saturated rings. The third-order valence-corrected chi connectivity index (χ3v) is 4.70. The number of carbonyl (C=O) groups is 2. The smallest absolute Gasteiger partial charge is 0.235 e. The molecule has 2 rings (SSSR count). The fraction of sp³-hybridized carbons (Fsp3) is 0.812. The van der Waals surface area contributed by atoms with E-state index < -0.39 is 5.54 Å². The third-order valence-electron chi connectivity index (χ3n) is 4.70. The molecule has 1 aliphatic carbocycles. The minimum absolute atomic E-state index is 0.0697. The van der Waals surface area contributed by atoms with Crippen molar-refractivity contribution in [3.63, 3.8) is 0 Å². The largest absolute Gasteiger partial charge is 0.342 e. The van der Waals surface area contributed by atoms with Crippen LogP contribution in [0.5, 0.6) is 0 Å². The molecule has 0 bridgehead atoms. The van der Waals surface area contributed by atoms with E-state index in [1.165, 1.54) is 0 Å². The molecule has 0 aromatic heterocycles. The minimum atomic E-state index is -0.660. The van der Waals surface area contributed by atoms with Crippen LogP contribution in [0.1, 0.15) is 45.4 Å². The third kappa shape index (κ3) is 4.44. The minimum Gasteiger partial charge on any atom is -0.342 e. The van der Waals surface area contributed by atoms with Crippen molar-refractivity contribution >= 4 is 11.8 Å². The highest BCUT2D eigenvalue weighted by atomic mass is 16.2. The summed E-state index contributed by atoms with van der Waals surface area (Å²) in [6, 6.07) is 2.32. The lowest BCUT2D eigenvalue weighted by Gasteiger charge is -2.32. The van der Waals surface area contributed by atoms with E-state index in [1.54, 1.807) is 6.92 Å². The van der Waals surface area contributed by atoms with Gasteiger partial charge in [0.1, 0.15) is 5.54 Å². The highest BCUT2D eigenvalue weighted by Gasteiger charge is 2.33. The maximum Gasteiger partial charge on any atom is 0.235 e. The summed E-state index contributed by atoms with van der Waals surface area (Å²) in [5.41, 5.74) is -0.660. The van der Waals surface area contributed by atoms with Crippen molar-refractivity contribution in [3.05, 3.63) is 0 Å². The predicted octanol–water partition coefficient (Wildman–Crippen LogP) is 0.883. The van der Waals surface area contributed by atoms with Crippen molar-refractivity contribution in [2.75, 3.05) is 32.7 Å². The van der Waals surface area contributed by atoms with Crippen molar-refractivity contribution < 1.29 is 9.59 Å². The highest BCUT2D eigenvalue weighted by molar-refractivity contribution is 5.79. The van der Waals surface area contributed by atoms with E-state index >= 15 is 0 Å². The average Bonchev–Trinajstić information content (AvgIpc) is 2.73. The Morgan fingerprint density at radius 2 is 1.82 bits per heavy atom. The van der Waals surface area contributed by atoms with Crippen LogP contribution >= 0.6 is 0 Å². The van der Waals surface area contributed by atoms with Gasteiger partial charge in [-0.1, -0.05) is 19.3 Å². The molecule has 22 heavy (non-hydrogen) atoms. The number of carbonyl (C=O) groups excluding carboxylic acids is 2. The van der Waals surface area contributed by atoms with Crippen LogP contribution in [0.15, 0.2) is 0 Å². The first-order valence-corrected chi connectivity index (χ1v) is 8.25. The molecule has 1 N–H and O–H groups in total. The Labute approximate surface area is 132 Å². The highest BCUT2D eigenvalue weighted by Crippen LogP contribution is 2.27. The van der Waals surface area contributed by atoms with Gasteiger partial charge in [0.2, 0.25) is 11.8 Å². The standard InChI is InChI=1S/C16H26N4O2/c1-14(21)20-9-5-8-19(10-11-20)12-15(22)18-16(13-17)6-3-2-4-7-16/h2-12H2,1H3,(H,18,22). The Morgan fingerprint density at radius 1 is 1.09 bits per heavy atom. The Bertz CT molecular complexity index is 452. The second-order valence-electron chi connectivity index (χ2n) is 6.44. The summed E-state index contributed by atoms with van der Waals surface area (Å²) in [4.78, 5) is 27.6. The normalized spacial score (nSPS) is 22.5. The molecule has 0 radical (unpaired) electrons. The van der Waals surface area contributed by atoms with Crippen LogP contribution < -0.4 is 5.32 Å². The first kappa shape index (κ1) is 16.8. The van der Waals surface area contributed by atoms with Gasteiger partial charge in [-0.15, -0.1) is 0 Å². The van der Waals surface area contributed by atoms with Crippen LogP contribution in [0.4, 0.5) is 0 Å². The lowest BCUT2D eigenvalue weighted by atomic mass is 9.83. The maximum absolute atomic E-state index is 12.3. The molecule has 122 valence electrons. The number of nitriles is 1. The molecule has 2 amide bonds.